The predicted molar refractivity (Wildman–Crippen MR) is 158 cm³/mol. The summed E-state index contributed by atoms with van der Waals surface area (Å²) in [5.41, 5.74) is 4.09. The fraction of sp³-hybridized carbons (Fsp3) is 0.594. The third-order valence-electron chi connectivity index (χ3n) is 8.68. The van der Waals surface area contributed by atoms with Crippen LogP contribution in [0.5, 0.6) is 0 Å². The molecular weight excluding hydrogens is 506 g/mol. The zero-order valence-corrected chi connectivity index (χ0v) is 24.9. The highest BCUT2D eigenvalue weighted by Crippen LogP contribution is 2.29. The van der Waals surface area contributed by atoms with E-state index in [2.05, 4.69) is 45.3 Å². The highest BCUT2D eigenvalue weighted by Gasteiger charge is 2.28. The van der Waals surface area contributed by atoms with Crippen LogP contribution in [0.25, 0.3) is 0 Å². The maximum atomic E-state index is 13.0. The van der Waals surface area contributed by atoms with Crippen LogP contribution in [0.4, 0.5) is 0 Å². The number of rotatable bonds is 11. The number of benzene rings is 2. The Morgan fingerprint density at radius 3 is 2.18 bits per heavy atom. The summed E-state index contributed by atoms with van der Waals surface area (Å²) in [5.74, 6) is 1.28. The van der Waals surface area contributed by atoms with Crippen LogP contribution in [-0.2, 0) is 21.2 Å². The first-order valence-corrected chi connectivity index (χ1v) is 16.3. The van der Waals surface area contributed by atoms with Gasteiger partial charge in [0.05, 0.1) is 4.90 Å². The van der Waals surface area contributed by atoms with Crippen LogP contribution in [0, 0.1) is 38.5 Å². The Morgan fingerprint density at radius 2 is 1.54 bits per heavy atom. The summed E-state index contributed by atoms with van der Waals surface area (Å²) in [6.45, 7) is 10.2. The fourth-order valence-electron chi connectivity index (χ4n) is 6.54. The summed E-state index contributed by atoms with van der Waals surface area (Å²) in [5, 5.41) is 3.17. The van der Waals surface area contributed by atoms with Crippen molar-refractivity contribution in [2.75, 3.05) is 32.7 Å². The minimum absolute atomic E-state index is 0.0492. The van der Waals surface area contributed by atoms with E-state index in [4.69, 9.17) is 0 Å². The number of amides is 1. The second kappa shape index (κ2) is 13.9. The fourth-order valence-corrected chi connectivity index (χ4v) is 8.10. The van der Waals surface area contributed by atoms with Crippen molar-refractivity contribution in [1.29, 1.82) is 0 Å². The SMILES string of the molecule is Cc1cc(C)c(S(=O)(=O)NCC2CCC(C(=O)NCCCN3CCC(Cc4ccccc4)CC3)CC2)c(C)c1. The lowest BCUT2D eigenvalue weighted by molar-refractivity contribution is -0.126. The maximum absolute atomic E-state index is 13.0. The maximum Gasteiger partial charge on any atom is 0.241 e. The second-order valence-electron chi connectivity index (χ2n) is 11.9. The molecule has 0 bridgehead atoms. The van der Waals surface area contributed by atoms with Crippen molar-refractivity contribution < 1.29 is 13.2 Å². The summed E-state index contributed by atoms with van der Waals surface area (Å²) in [6.07, 6.45) is 8.10. The molecule has 2 aliphatic rings. The Labute approximate surface area is 236 Å². The van der Waals surface area contributed by atoms with E-state index in [9.17, 15) is 13.2 Å². The van der Waals surface area contributed by atoms with E-state index in [0.717, 1.165) is 80.9 Å². The predicted octanol–water partition coefficient (Wildman–Crippen LogP) is 5.16. The summed E-state index contributed by atoms with van der Waals surface area (Å²) in [4.78, 5) is 15.7. The number of sulfonamides is 1. The molecule has 1 heterocycles. The minimum atomic E-state index is -3.54. The van der Waals surface area contributed by atoms with Crippen LogP contribution >= 0.6 is 0 Å². The molecule has 7 heteroatoms. The molecule has 1 amide bonds. The highest BCUT2D eigenvalue weighted by molar-refractivity contribution is 7.89. The molecule has 39 heavy (non-hydrogen) atoms. The number of hydrogen-bond donors (Lipinski definition) is 2. The first-order valence-electron chi connectivity index (χ1n) is 14.8. The van der Waals surface area contributed by atoms with Gasteiger partial charge in [0.15, 0.2) is 0 Å². The number of nitrogens with zero attached hydrogens (tertiary/aromatic N) is 1. The van der Waals surface area contributed by atoms with Crippen LogP contribution in [0.1, 0.15) is 67.2 Å². The molecule has 2 aromatic rings. The van der Waals surface area contributed by atoms with Gasteiger partial charge in [0, 0.05) is 19.0 Å². The number of piperidine rings is 1. The smallest absolute Gasteiger partial charge is 0.241 e. The van der Waals surface area contributed by atoms with Gasteiger partial charge >= 0.3 is 0 Å². The lowest BCUT2D eigenvalue weighted by Gasteiger charge is -2.32. The molecule has 1 saturated heterocycles. The molecular formula is C32H47N3O3S. The molecule has 1 aliphatic carbocycles. The number of aryl methyl sites for hydroxylation is 3. The van der Waals surface area contributed by atoms with E-state index in [0.29, 0.717) is 11.4 Å². The molecule has 2 N–H and O–H groups in total. The average Bonchev–Trinajstić information content (AvgIpc) is 2.91. The molecule has 1 saturated carbocycles. The molecule has 6 nitrogen and oxygen atoms in total. The van der Waals surface area contributed by atoms with Crippen molar-refractivity contribution in [2.45, 2.75) is 77.0 Å². The van der Waals surface area contributed by atoms with Gasteiger partial charge in [-0.05, 0) is 120 Å². The zero-order valence-electron chi connectivity index (χ0n) is 24.0. The lowest BCUT2D eigenvalue weighted by Crippen LogP contribution is -2.38. The van der Waals surface area contributed by atoms with Crippen molar-refractivity contribution >= 4 is 15.9 Å². The third kappa shape index (κ3) is 8.63. The minimum Gasteiger partial charge on any atom is -0.356 e. The first kappa shape index (κ1) is 29.8. The molecule has 2 fully saturated rings. The van der Waals surface area contributed by atoms with Crippen molar-refractivity contribution in [3.05, 3.63) is 64.7 Å². The summed E-state index contributed by atoms with van der Waals surface area (Å²) in [6, 6.07) is 14.6. The van der Waals surface area contributed by atoms with E-state index in [1.165, 1.54) is 24.8 Å². The van der Waals surface area contributed by atoms with E-state index < -0.39 is 10.0 Å². The topological polar surface area (TPSA) is 78.5 Å². The standard InChI is InChI=1S/C32H47N3O3S/c1-24-20-25(2)31(26(3)21-24)39(37,38)34-23-29-10-12-30(13-11-29)32(36)33-16-7-17-35-18-14-28(15-19-35)22-27-8-5-4-6-9-27/h4-6,8-9,20-21,28-30,34H,7,10-19,22-23H2,1-3H3,(H,33,36). The quantitative estimate of drug-likeness (QED) is 0.377. The Morgan fingerprint density at radius 1 is 0.897 bits per heavy atom. The van der Waals surface area contributed by atoms with Crippen LogP contribution < -0.4 is 10.0 Å². The van der Waals surface area contributed by atoms with Crippen molar-refractivity contribution in [3.8, 4) is 0 Å². The molecule has 0 radical (unpaired) electrons. The van der Waals surface area contributed by atoms with Crippen LogP contribution in [0.15, 0.2) is 47.4 Å². The zero-order chi connectivity index (χ0) is 27.8. The van der Waals surface area contributed by atoms with Gasteiger partial charge in [0.1, 0.15) is 0 Å². The summed E-state index contributed by atoms with van der Waals surface area (Å²) < 4.78 is 28.8. The molecule has 214 valence electrons. The largest absolute Gasteiger partial charge is 0.356 e. The number of likely N-dealkylation sites (tertiary alicyclic amines) is 1. The van der Waals surface area contributed by atoms with Gasteiger partial charge < -0.3 is 10.2 Å². The van der Waals surface area contributed by atoms with Gasteiger partial charge in [-0.2, -0.15) is 0 Å². The third-order valence-corrected chi connectivity index (χ3v) is 10.4. The normalized spacial score (nSPS) is 21.1. The monoisotopic (exact) mass is 553 g/mol. The van der Waals surface area contributed by atoms with Crippen molar-refractivity contribution in [1.82, 2.24) is 14.9 Å². The molecule has 0 aromatic heterocycles. The lowest BCUT2D eigenvalue weighted by atomic mass is 9.81. The van der Waals surface area contributed by atoms with Crippen LogP contribution in [0.3, 0.4) is 0 Å². The van der Waals surface area contributed by atoms with E-state index in [1.807, 2.05) is 32.9 Å². The van der Waals surface area contributed by atoms with E-state index in [-0.39, 0.29) is 17.7 Å². The van der Waals surface area contributed by atoms with Gasteiger partial charge in [0.25, 0.3) is 0 Å². The Bertz CT molecular complexity index is 1160. The number of nitrogens with one attached hydrogen (secondary N) is 2. The Hall–Kier alpha value is -2.22. The number of hydrogen-bond acceptors (Lipinski definition) is 4. The van der Waals surface area contributed by atoms with Gasteiger partial charge in [-0.25, -0.2) is 13.1 Å². The van der Waals surface area contributed by atoms with Crippen molar-refractivity contribution in [2.24, 2.45) is 17.8 Å². The molecule has 2 aromatic carbocycles. The molecule has 0 atom stereocenters. The Kier molecular flexibility index (Phi) is 10.6. The summed E-state index contributed by atoms with van der Waals surface area (Å²) in [7, 11) is -3.54. The van der Waals surface area contributed by atoms with Gasteiger partial charge in [-0.1, -0.05) is 48.0 Å². The first-order chi connectivity index (χ1) is 18.7. The molecule has 4 rings (SSSR count). The van der Waals surface area contributed by atoms with Gasteiger partial charge in [-0.3, -0.25) is 4.79 Å². The van der Waals surface area contributed by atoms with Gasteiger partial charge in [0.2, 0.25) is 15.9 Å². The summed E-state index contributed by atoms with van der Waals surface area (Å²) >= 11 is 0. The number of carbonyl (C=O) groups excluding carboxylic acids is 1. The average molecular weight is 554 g/mol. The highest BCUT2D eigenvalue weighted by atomic mass is 32.2. The van der Waals surface area contributed by atoms with Gasteiger partial charge in [-0.15, -0.1) is 0 Å². The van der Waals surface area contributed by atoms with E-state index >= 15 is 0 Å². The van der Waals surface area contributed by atoms with E-state index in [1.54, 1.807) is 0 Å². The Balaban J connectivity index is 1.09. The number of carbonyl (C=O) groups is 1. The molecule has 0 spiro atoms. The van der Waals surface area contributed by atoms with Crippen LogP contribution in [0.2, 0.25) is 0 Å². The van der Waals surface area contributed by atoms with Crippen LogP contribution in [-0.4, -0.2) is 51.9 Å². The van der Waals surface area contributed by atoms with Crippen molar-refractivity contribution in [3.63, 3.8) is 0 Å². The second-order valence-corrected chi connectivity index (χ2v) is 13.6. The molecule has 1 aliphatic heterocycles. The molecule has 0 unspecified atom stereocenters.